The molecule has 0 spiro atoms. The van der Waals surface area contributed by atoms with Crippen LogP contribution in [0, 0.1) is 13.8 Å². The third kappa shape index (κ3) is 2.85. The van der Waals surface area contributed by atoms with Crippen LogP contribution in [-0.2, 0) is 0 Å². The molecule has 4 heteroatoms. The fraction of sp³-hybridized carbons (Fsp3) is 0.143. The Morgan fingerprint density at radius 3 is 2.22 bits per heavy atom. The topological polar surface area (TPSA) is 54.0 Å². The van der Waals surface area contributed by atoms with Crippen LogP contribution >= 0.6 is 0 Å². The molecule has 1 heterocycles. The quantitative estimate of drug-likeness (QED) is 0.847. The Morgan fingerprint density at radius 2 is 1.61 bits per heavy atom. The standard InChI is InChI=1S/C14H15N3O/c1-10-4-3-5-11(2)13(10)17-14(18)16-12-6-8-15-9-7-12/h3-9H,1-2H3,(H2,15,16,17,18). The van der Waals surface area contributed by atoms with E-state index in [1.54, 1.807) is 24.5 Å². The number of nitrogens with zero attached hydrogens (tertiary/aromatic N) is 1. The summed E-state index contributed by atoms with van der Waals surface area (Å²) in [7, 11) is 0. The lowest BCUT2D eigenvalue weighted by atomic mass is 10.1. The van der Waals surface area contributed by atoms with Crippen LogP contribution in [0.25, 0.3) is 0 Å². The summed E-state index contributed by atoms with van der Waals surface area (Å²) in [6.45, 7) is 3.93. The second-order valence-electron chi connectivity index (χ2n) is 4.08. The summed E-state index contributed by atoms with van der Waals surface area (Å²) in [5, 5.41) is 5.61. The maximum Gasteiger partial charge on any atom is 0.323 e. The zero-order chi connectivity index (χ0) is 13.0. The smallest absolute Gasteiger partial charge is 0.308 e. The molecule has 4 nitrogen and oxygen atoms in total. The van der Waals surface area contributed by atoms with Crippen LogP contribution in [0.2, 0.25) is 0 Å². The van der Waals surface area contributed by atoms with Gasteiger partial charge in [-0.1, -0.05) is 18.2 Å². The Morgan fingerprint density at radius 1 is 1.00 bits per heavy atom. The highest BCUT2D eigenvalue weighted by Crippen LogP contribution is 2.19. The molecule has 0 aliphatic heterocycles. The molecule has 0 atom stereocenters. The van der Waals surface area contributed by atoms with Crippen molar-refractivity contribution in [2.24, 2.45) is 0 Å². The van der Waals surface area contributed by atoms with Crippen molar-refractivity contribution < 1.29 is 4.79 Å². The van der Waals surface area contributed by atoms with Crippen LogP contribution in [0.4, 0.5) is 16.2 Å². The number of carbonyl (C=O) groups excluding carboxylic acids is 1. The van der Waals surface area contributed by atoms with Gasteiger partial charge in [0.05, 0.1) is 0 Å². The number of urea groups is 1. The molecule has 0 aliphatic rings. The summed E-state index contributed by atoms with van der Waals surface area (Å²) in [6.07, 6.45) is 3.27. The molecule has 18 heavy (non-hydrogen) atoms. The Hall–Kier alpha value is -2.36. The van der Waals surface area contributed by atoms with Gasteiger partial charge in [0.25, 0.3) is 0 Å². The van der Waals surface area contributed by atoms with E-state index in [0.29, 0.717) is 5.69 Å². The highest BCUT2D eigenvalue weighted by Gasteiger charge is 2.06. The van der Waals surface area contributed by atoms with Gasteiger partial charge >= 0.3 is 6.03 Å². The van der Waals surface area contributed by atoms with Gasteiger partial charge in [-0.15, -0.1) is 0 Å². The van der Waals surface area contributed by atoms with E-state index in [1.807, 2.05) is 32.0 Å². The normalized spacial score (nSPS) is 9.89. The number of anilines is 2. The minimum Gasteiger partial charge on any atom is -0.308 e. The van der Waals surface area contributed by atoms with E-state index in [2.05, 4.69) is 15.6 Å². The van der Waals surface area contributed by atoms with Gasteiger partial charge < -0.3 is 10.6 Å². The summed E-state index contributed by atoms with van der Waals surface area (Å²) in [5.74, 6) is 0. The van der Waals surface area contributed by atoms with Gasteiger partial charge in [-0.25, -0.2) is 4.79 Å². The second kappa shape index (κ2) is 5.31. The van der Waals surface area contributed by atoms with Crippen molar-refractivity contribution in [3.8, 4) is 0 Å². The Balaban J connectivity index is 2.08. The predicted octanol–water partition coefficient (Wildman–Crippen LogP) is 3.34. The monoisotopic (exact) mass is 241 g/mol. The van der Waals surface area contributed by atoms with Gasteiger partial charge in [0.2, 0.25) is 0 Å². The van der Waals surface area contributed by atoms with Gasteiger partial charge in [-0.3, -0.25) is 4.98 Å². The first kappa shape index (κ1) is 12.1. The molecule has 1 aromatic carbocycles. The zero-order valence-electron chi connectivity index (χ0n) is 10.4. The number of hydrogen-bond donors (Lipinski definition) is 2. The molecular weight excluding hydrogens is 226 g/mol. The number of para-hydroxylation sites is 1. The molecule has 0 fully saturated rings. The number of benzene rings is 1. The van der Waals surface area contributed by atoms with Crippen LogP contribution in [0.1, 0.15) is 11.1 Å². The summed E-state index contributed by atoms with van der Waals surface area (Å²) in [5.41, 5.74) is 3.65. The van der Waals surface area contributed by atoms with E-state index in [0.717, 1.165) is 16.8 Å². The molecule has 0 saturated heterocycles. The van der Waals surface area contributed by atoms with Crippen LogP contribution in [-0.4, -0.2) is 11.0 Å². The minimum atomic E-state index is -0.251. The molecule has 2 aromatic rings. The van der Waals surface area contributed by atoms with Crippen LogP contribution < -0.4 is 10.6 Å². The van der Waals surface area contributed by atoms with Crippen molar-refractivity contribution in [2.45, 2.75) is 13.8 Å². The predicted molar refractivity (Wildman–Crippen MR) is 72.8 cm³/mol. The highest BCUT2D eigenvalue weighted by molar-refractivity contribution is 6.00. The first-order chi connectivity index (χ1) is 8.66. The fourth-order valence-electron chi connectivity index (χ4n) is 1.72. The third-order valence-electron chi connectivity index (χ3n) is 2.66. The van der Waals surface area contributed by atoms with Crippen LogP contribution in [0.15, 0.2) is 42.7 Å². The number of aromatic nitrogens is 1. The van der Waals surface area contributed by atoms with E-state index in [1.165, 1.54) is 0 Å². The molecule has 2 rings (SSSR count). The van der Waals surface area contributed by atoms with Gasteiger partial charge in [0.1, 0.15) is 0 Å². The molecule has 0 saturated carbocycles. The number of carbonyl (C=O) groups is 1. The molecule has 0 bridgehead atoms. The van der Waals surface area contributed by atoms with Crippen molar-refractivity contribution in [1.82, 2.24) is 4.98 Å². The maximum atomic E-state index is 11.8. The Bertz CT molecular complexity index is 532. The van der Waals surface area contributed by atoms with Gasteiger partial charge in [0, 0.05) is 23.8 Å². The SMILES string of the molecule is Cc1cccc(C)c1NC(=O)Nc1ccncc1. The summed E-state index contributed by atoms with van der Waals surface area (Å²) >= 11 is 0. The molecule has 0 aliphatic carbocycles. The lowest BCUT2D eigenvalue weighted by Gasteiger charge is -2.12. The maximum absolute atomic E-state index is 11.8. The van der Waals surface area contributed by atoms with Crippen molar-refractivity contribution in [3.05, 3.63) is 53.9 Å². The number of nitrogens with one attached hydrogen (secondary N) is 2. The average Bonchev–Trinajstić information content (AvgIpc) is 2.35. The number of aryl methyl sites for hydroxylation is 2. The largest absolute Gasteiger partial charge is 0.323 e. The lowest BCUT2D eigenvalue weighted by molar-refractivity contribution is 0.262. The van der Waals surface area contributed by atoms with Gasteiger partial charge in [-0.2, -0.15) is 0 Å². The fourth-order valence-corrected chi connectivity index (χ4v) is 1.72. The van der Waals surface area contributed by atoms with Crippen molar-refractivity contribution in [2.75, 3.05) is 10.6 Å². The number of pyridine rings is 1. The molecule has 2 amide bonds. The average molecular weight is 241 g/mol. The zero-order valence-corrected chi connectivity index (χ0v) is 10.4. The number of rotatable bonds is 2. The summed E-state index contributed by atoms with van der Waals surface area (Å²) < 4.78 is 0. The molecule has 1 aromatic heterocycles. The minimum absolute atomic E-state index is 0.251. The van der Waals surface area contributed by atoms with E-state index in [-0.39, 0.29) is 6.03 Å². The summed E-state index contributed by atoms with van der Waals surface area (Å²) in [6, 6.07) is 9.13. The molecule has 92 valence electrons. The van der Waals surface area contributed by atoms with Crippen molar-refractivity contribution in [1.29, 1.82) is 0 Å². The van der Waals surface area contributed by atoms with E-state index in [4.69, 9.17) is 0 Å². The van der Waals surface area contributed by atoms with Crippen molar-refractivity contribution >= 4 is 17.4 Å². The molecule has 0 radical (unpaired) electrons. The molecule has 2 N–H and O–H groups in total. The first-order valence-electron chi connectivity index (χ1n) is 5.71. The van der Waals surface area contributed by atoms with Gasteiger partial charge in [0.15, 0.2) is 0 Å². The van der Waals surface area contributed by atoms with E-state index < -0.39 is 0 Å². The summed E-state index contributed by atoms with van der Waals surface area (Å²) in [4.78, 5) is 15.7. The second-order valence-corrected chi connectivity index (χ2v) is 4.08. The Kier molecular flexibility index (Phi) is 3.57. The van der Waals surface area contributed by atoms with Crippen molar-refractivity contribution in [3.63, 3.8) is 0 Å². The highest BCUT2D eigenvalue weighted by atomic mass is 16.2. The van der Waals surface area contributed by atoms with Crippen LogP contribution in [0.5, 0.6) is 0 Å². The van der Waals surface area contributed by atoms with E-state index >= 15 is 0 Å². The number of amides is 2. The molecule has 0 unspecified atom stereocenters. The van der Waals surface area contributed by atoms with E-state index in [9.17, 15) is 4.79 Å². The lowest BCUT2D eigenvalue weighted by Crippen LogP contribution is -2.20. The molecular formula is C14H15N3O. The van der Waals surface area contributed by atoms with Gasteiger partial charge in [-0.05, 0) is 37.1 Å². The first-order valence-corrected chi connectivity index (χ1v) is 5.71. The Labute approximate surface area is 106 Å². The van der Waals surface area contributed by atoms with Crippen LogP contribution in [0.3, 0.4) is 0 Å². The number of hydrogen-bond acceptors (Lipinski definition) is 2. The third-order valence-corrected chi connectivity index (χ3v) is 2.66.